The van der Waals surface area contributed by atoms with Crippen LogP contribution in [0, 0.1) is 13.8 Å². The molecular formula is C15H13N7O. The molecule has 23 heavy (non-hydrogen) atoms. The molecule has 3 aromatic heterocycles. The maximum absolute atomic E-state index is 12.3. The van der Waals surface area contributed by atoms with Gasteiger partial charge in [0.15, 0.2) is 0 Å². The highest BCUT2D eigenvalue weighted by atomic mass is 16.2. The number of rotatable bonds is 2. The van der Waals surface area contributed by atoms with E-state index in [0.29, 0.717) is 11.7 Å². The molecular weight excluding hydrogens is 294 g/mol. The van der Waals surface area contributed by atoms with Crippen molar-refractivity contribution in [2.45, 2.75) is 13.8 Å². The topological polar surface area (TPSA) is 101 Å². The van der Waals surface area contributed by atoms with Gasteiger partial charge in [-0.1, -0.05) is 12.1 Å². The number of aromatic nitrogens is 6. The molecule has 0 aliphatic carbocycles. The van der Waals surface area contributed by atoms with Crippen molar-refractivity contribution < 1.29 is 4.79 Å². The van der Waals surface area contributed by atoms with Crippen LogP contribution in [0.1, 0.15) is 22.0 Å². The van der Waals surface area contributed by atoms with Gasteiger partial charge in [-0.05, 0) is 32.0 Å². The van der Waals surface area contributed by atoms with Gasteiger partial charge >= 0.3 is 0 Å². The number of carbonyl (C=O) groups excluding carboxylic acids is 1. The molecule has 0 saturated heterocycles. The van der Waals surface area contributed by atoms with Crippen molar-refractivity contribution in [1.82, 2.24) is 29.5 Å². The second-order valence-electron chi connectivity index (χ2n) is 5.24. The van der Waals surface area contributed by atoms with Crippen molar-refractivity contribution in [3.05, 3.63) is 47.5 Å². The van der Waals surface area contributed by atoms with E-state index in [-0.39, 0.29) is 5.82 Å². The SMILES string of the molecule is Cc1cc(C)n2nc(C(=O)Nc3nc4ccccc4[nH]3)nc2n1. The zero-order chi connectivity index (χ0) is 16.0. The molecule has 0 unspecified atom stereocenters. The summed E-state index contributed by atoms with van der Waals surface area (Å²) in [4.78, 5) is 28.1. The van der Waals surface area contributed by atoms with Crippen LogP contribution in [0.4, 0.5) is 5.95 Å². The number of imidazole rings is 1. The maximum Gasteiger partial charge on any atom is 0.297 e. The lowest BCUT2D eigenvalue weighted by molar-refractivity contribution is 0.101. The number of carbonyl (C=O) groups is 1. The minimum atomic E-state index is -0.438. The Morgan fingerprint density at radius 1 is 1.17 bits per heavy atom. The summed E-state index contributed by atoms with van der Waals surface area (Å²) in [5.74, 6) is 0.367. The molecule has 2 N–H and O–H groups in total. The van der Waals surface area contributed by atoms with E-state index in [1.165, 1.54) is 0 Å². The lowest BCUT2D eigenvalue weighted by Gasteiger charge is -1.97. The zero-order valence-corrected chi connectivity index (χ0v) is 12.5. The predicted molar refractivity (Wildman–Crippen MR) is 84.3 cm³/mol. The van der Waals surface area contributed by atoms with Gasteiger partial charge < -0.3 is 4.98 Å². The fraction of sp³-hybridized carbons (Fsp3) is 0.133. The minimum absolute atomic E-state index is 0.0478. The first kappa shape index (κ1) is 13.4. The molecule has 0 spiro atoms. The Labute approximate surface area is 130 Å². The number of nitrogens with one attached hydrogen (secondary N) is 2. The summed E-state index contributed by atoms with van der Waals surface area (Å²) in [6.45, 7) is 3.76. The molecule has 0 aliphatic heterocycles. The predicted octanol–water partition coefficient (Wildman–Crippen LogP) is 1.87. The number of para-hydroxylation sites is 2. The number of nitrogens with zero attached hydrogens (tertiary/aromatic N) is 5. The normalized spacial score (nSPS) is 11.2. The maximum atomic E-state index is 12.3. The molecule has 114 valence electrons. The molecule has 0 atom stereocenters. The largest absolute Gasteiger partial charge is 0.324 e. The number of benzene rings is 1. The van der Waals surface area contributed by atoms with Gasteiger partial charge in [0.2, 0.25) is 11.8 Å². The standard InChI is InChI=1S/C15H13N7O/c1-8-7-9(2)22-15(16-8)19-12(21-22)13(23)20-14-17-10-5-3-4-6-11(10)18-14/h3-7H,1-2H3,(H2,17,18,20,23). The smallest absolute Gasteiger partial charge is 0.297 e. The zero-order valence-electron chi connectivity index (χ0n) is 12.5. The van der Waals surface area contributed by atoms with Crippen LogP contribution < -0.4 is 5.32 Å². The lowest BCUT2D eigenvalue weighted by Crippen LogP contribution is -2.15. The first-order chi connectivity index (χ1) is 11.1. The molecule has 0 bridgehead atoms. The summed E-state index contributed by atoms with van der Waals surface area (Å²) in [5, 5.41) is 6.86. The fourth-order valence-corrected chi connectivity index (χ4v) is 2.44. The van der Waals surface area contributed by atoms with E-state index in [1.54, 1.807) is 4.52 Å². The van der Waals surface area contributed by atoms with Gasteiger partial charge in [0, 0.05) is 11.4 Å². The number of fused-ring (bicyclic) bond motifs is 2. The molecule has 0 radical (unpaired) electrons. The third kappa shape index (κ3) is 2.30. The van der Waals surface area contributed by atoms with Gasteiger partial charge in [0.25, 0.3) is 11.7 Å². The van der Waals surface area contributed by atoms with E-state index in [4.69, 9.17) is 0 Å². The van der Waals surface area contributed by atoms with Crippen molar-refractivity contribution in [3.63, 3.8) is 0 Å². The number of hydrogen-bond donors (Lipinski definition) is 2. The van der Waals surface area contributed by atoms with Gasteiger partial charge in [-0.15, -0.1) is 5.10 Å². The lowest BCUT2D eigenvalue weighted by atomic mass is 10.3. The molecule has 0 saturated carbocycles. The van der Waals surface area contributed by atoms with E-state index >= 15 is 0 Å². The fourth-order valence-electron chi connectivity index (χ4n) is 2.44. The molecule has 4 rings (SSSR count). The number of H-pyrrole nitrogens is 1. The quantitative estimate of drug-likeness (QED) is 0.589. The molecule has 0 aliphatic rings. The molecule has 8 heteroatoms. The second kappa shape index (κ2) is 4.87. The highest BCUT2D eigenvalue weighted by Gasteiger charge is 2.16. The third-order valence-corrected chi connectivity index (χ3v) is 3.44. The average molecular weight is 307 g/mol. The van der Waals surface area contributed by atoms with Crippen LogP contribution in [0.15, 0.2) is 30.3 Å². The summed E-state index contributed by atoms with van der Waals surface area (Å²) in [6, 6.07) is 9.41. The van der Waals surface area contributed by atoms with Crippen LogP contribution >= 0.6 is 0 Å². The number of amides is 1. The van der Waals surface area contributed by atoms with Gasteiger partial charge in [-0.3, -0.25) is 10.1 Å². The number of hydrogen-bond acceptors (Lipinski definition) is 5. The first-order valence-electron chi connectivity index (χ1n) is 7.07. The van der Waals surface area contributed by atoms with Gasteiger partial charge in [-0.2, -0.15) is 4.98 Å². The van der Waals surface area contributed by atoms with Crippen molar-refractivity contribution in [2.75, 3.05) is 5.32 Å². The Balaban J connectivity index is 1.67. The Morgan fingerprint density at radius 2 is 2.00 bits per heavy atom. The summed E-state index contributed by atoms with van der Waals surface area (Å²) in [5.41, 5.74) is 3.31. The van der Waals surface area contributed by atoms with Crippen LogP contribution in [0.3, 0.4) is 0 Å². The highest BCUT2D eigenvalue weighted by Crippen LogP contribution is 2.14. The molecule has 1 amide bonds. The average Bonchev–Trinajstić information content (AvgIpc) is 3.10. The van der Waals surface area contributed by atoms with Crippen LogP contribution in [0.5, 0.6) is 0 Å². The molecule has 0 fully saturated rings. The van der Waals surface area contributed by atoms with E-state index in [2.05, 4.69) is 30.4 Å². The Kier molecular flexibility index (Phi) is 2.83. The Bertz CT molecular complexity index is 1010. The summed E-state index contributed by atoms with van der Waals surface area (Å²) in [6.07, 6.45) is 0. The van der Waals surface area contributed by atoms with Gasteiger partial charge in [0.1, 0.15) is 0 Å². The van der Waals surface area contributed by atoms with Crippen molar-refractivity contribution in [2.24, 2.45) is 0 Å². The summed E-state index contributed by atoms with van der Waals surface area (Å²) in [7, 11) is 0. The number of aryl methyl sites for hydroxylation is 2. The first-order valence-corrected chi connectivity index (χ1v) is 7.07. The minimum Gasteiger partial charge on any atom is -0.324 e. The number of anilines is 1. The van der Waals surface area contributed by atoms with E-state index < -0.39 is 5.91 Å². The van der Waals surface area contributed by atoms with Crippen LogP contribution in [-0.2, 0) is 0 Å². The van der Waals surface area contributed by atoms with Crippen LogP contribution in [0.2, 0.25) is 0 Å². The molecule has 3 heterocycles. The van der Waals surface area contributed by atoms with Crippen molar-refractivity contribution in [3.8, 4) is 0 Å². The second-order valence-corrected chi connectivity index (χ2v) is 5.24. The Hall–Kier alpha value is -3.29. The molecule has 1 aromatic carbocycles. The highest BCUT2D eigenvalue weighted by molar-refractivity contribution is 6.01. The summed E-state index contributed by atoms with van der Waals surface area (Å²) < 4.78 is 1.54. The Morgan fingerprint density at radius 3 is 2.83 bits per heavy atom. The van der Waals surface area contributed by atoms with Crippen LogP contribution in [0.25, 0.3) is 16.8 Å². The molecule has 8 nitrogen and oxygen atoms in total. The molecule has 4 aromatic rings. The van der Waals surface area contributed by atoms with Crippen molar-refractivity contribution >= 4 is 28.7 Å². The number of aromatic amines is 1. The van der Waals surface area contributed by atoms with Gasteiger partial charge in [0.05, 0.1) is 11.0 Å². The van der Waals surface area contributed by atoms with E-state index in [1.807, 2.05) is 44.2 Å². The third-order valence-electron chi connectivity index (χ3n) is 3.44. The van der Waals surface area contributed by atoms with Gasteiger partial charge in [-0.25, -0.2) is 14.5 Å². The van der Waals surface area contributed by atoms with E-state index in [9.17, 15) is 4.79 Å². The van der Waals surface area contributed by atoms with E-state index in [0.717, 1.165) is 22.4 Å². The van der Waals surface area contributed by atoms with Crippen molar-refractivity contribution in [1.29, 1.82) is 0 Å². The monoisotopic (exact) mass is 307 g/mol. The van der Waals surface area contributed by atoms with Crippen LogP contribution in [-0.4, -0.2) is 35.5 Å². The summed E-state index contributed by atoms with van der Waals surface area (Å²) >= 11 is 0.